The summed E-state index contributed by atoms with van der Waals surface area (Å²) in [5.74, 6) is 0.390. The largest absolute Gasteiger partial charge is 0.325 e. The van der Waals surface area contributed by atoms with Crippen LogP contribution in [0.15, 0.2) is 47.5 Å². The van der Waals surface area contributed by atoms with Gasteiger partial charge in [-0.1, -0.05) is 62.4 Å². The zero-order valence-corrected chi connectivity index (χ0v) is 19.0. The Morgan fingerprint density at radius 2 is 1.79 bits per heavy atom. The van der Waals surface area contributed by atoms with E-state index < -0.39 is 0 Å². The monoisotopic (exact) mass is 406 g/mol. The van der Waals surface area contributed by atoms with E-state index in [0.717, 1.165) is 28.2 Å². The molecule has 29 heavy (non-hydrogen) atoms. The average molecular weight is 407 g/mol. The first-order valence-electron chi connectivity index (χ1n) is 10.2. The van der Waals surface area contributed by atoms with Crippen LogP contribution in [0, 0.1) is 20.8 Å². The number of fused-ring (bicyclic) bond motifs is 1. The van der Waals surface area contributed by atoms with E-state index in [-0.39, 0.29) is 11.2 Å². The minimum Gasteiger partial charge on any atom is -0.325 e. The van der Waals surface area contributed by atoms with Gasteiger partial charge in [0.05, 0.1) is 15.8 Å². The predicted molar refractivity (Wildman–Crippen MR) is 125 cm³/mol. The zero-order valence-electron chi connectivity index (χ0n) is 18.2. The number of nitrogens with zero attached hydrogens (tertiary/aromatic N) is 1. The summed E-state index contributed by atoms with van der Waals surface area (Å²) in [6.07, 6.45) is 0.742. The fraction of sp³-hybridized carbons (Fsp3) is 0.360. The fourth-order valence-corrected chi connectivity index (χ4v) is 4.68. The van der Waals surface area contributed by atoms with E-state index in [1.807, 2.05) is 25.1 Å². The molecule has 1 heterocycles. The molecule has 1 aromatic heterocycles. The average Bonchev–Trinajstić information content (AvgIpc) is 2.67. The maximum Gasteiger partial charge on any atom is 0.237 e. The van der Waals surface area contributed by atoms with Crippen LogP contribution in [0.2, 0.25) is 0 Å². The van der Waals surface area contributed by atoms with Gasteiger partial charge < -0.3 is 5.32 Å². The number of nitrogens with one attached hydrogen (secondary N) is 1. The second-order valence-corrected chi connectivity index (χ2v) is 9.22. The van der Waals surface area contributed by atoms with Crippen molar-refractivity contribution in [3.8, 4) is 0 Å². The summed E-state index contributed by atoms with van der Waals surface area (Å²) in [4.78, 5) is 17.9. The summed E-state index contributed by atoms with van der Waals surface area (Å²) < 4.78 is 0. The van der Waals surface area contributed by atoms with Crippen LogP contribution in [0.4, 0.5) is 5.69 Å². The van der Waals surface area contributed by atoms with E-state index in [2.05, 4.69) is 64.2 Å². The maximum atomic E-state index is 13.0. The van der Waals surface area contributed by atoms with Crippen molar-refractivity contribution in [2.45, 2.75) is 64.2 Å². The van der Waals surface area contributed by atoms with Crippen molar-refractivity contribution < 1.29 is 4.79 Å². The van der Waals surface area contributed by atoms with Crippen LogP contribution in [0.25, 0.3) is 10.9 Å². The molecule has 0 fully saturated rings. The van der Waals surface area contributed by atoms with Gasteiger partial charge in [-0.2, -0.15) is 0 Å². The molecule has 1 unspecified atom stereocenters. The van der Waals surface area contributed by atoms with Crippen LogP contribution in [0.3, 0.4) is 0 Å². The molecule has 0 bridgehead atoms. The molecule has 0 saturated heterocycles. The number of aryl methyl sites for hydroxylation is 3. The molecule has 0 saturated carbocycles. The van der Waals surface area contributed by atoms with Crippen LogP contribution in [0.1, 0.15) is 55.4 Å². The third-order valence-electron chi connectivity index (χ3n) is 5.20. The third kappa shape index (κ3) is 4.81. The van der Waals surface area contributed by atoms with E-state index in [9.17, 15) is 4.79 Å². The van der Waals surface area contributed by atoms with Crippen molar-refractivity contribution in [2.75, 3.05) is 5.32 Å². The number of aromatic nitrogens is 1. The first-order chi connectivity index (χ1) is 13.8. The quantitative estimate of drug-likeness (QED) is 0.458. The lowest BCUT2D eigenvalue weighted by molar-refractivity contribution is -0.115. The highest BCUT2D eigenvalue weighted by molar-refractivity contribution is 8.00. The Bertz CT molecular complexity index is 1040. The van der Waals surface area contributed by atoms with Crippen molar-refractivity contribution >= 4 is 34.3 Å². The Kier molecular flexibility index (Phi) is 6.63. The van der Waals surface area contributed by atoms with E-state index in [1.54, 1.807) is 11.8 Å². The van der Waals surface area contributed by atoms with Gasteiger partial charge in [0.2, 0.25) is 5.91 Å². The number of carbonyl (C=O) groups excluding carboxylic acids is 1. The molecule has 4 heteroatoms. The molecule has 3 nitrogen and oxygen atoms in total. The second kappa shape index (κ2) is 9.00. The highest BCUT2D eigenvalue weighted by Crippen LogP contribution is 2.31. The first-order valence-corrected chi connectivity index (χ1v) is 11.1. The molecule has 0 spiro atoms. The molecule has 152 valence electrons. The maximum absolute atomic E-state index is 13.0. The molecule has 1 N–H and O–H groups in total. The predicted octanol–water partition coefficient (Wildman–Crippen LogP) is 6.79. The lowest BCUT2D eigenvalue weighted by Crippen LogP contribution is -2.25. The minimum absolute atomic E-state index is 0.0331. The normalized spacial score (nSPS) is 12.4. The summed E-state index contributed by atoms with van der Waals surface area (Å²) in [5.41, 5.74) is 6.71. The summed E-state index contributed by atoms with van der Waals surface area (Å²) in [6, 6.07) is 14.5. The topological polar surface area (TPSA) is 42.0 Å². The van der Waals surface area contributed by atoms with Crippen LogP contribution in [-0.4, -0.2) is 16.1 Å². The zero-order chi connectivity index (χ0) is 21.1. The van der Waals surface area contributed by atoms with Crippen molar-refractivity contribution in [2.24, 2.45) is 0 Å². The molecule has 0 aliphatic heterocycles. The van der Waals surface area contributed by atoms with Crippen LogP contribution < -0.4 is 5.32 Å². The number of anilines is 1. The van der Waals surface area contributed by atoms with Gasteiger partial charge in [0.25, 0.3) is 0 Å². The van der Waals surface area contributed by atoms with Crippen molar-refractivity contribution in [1.82, 2.24) is 4.98 Å². The smallest absolute Gasteiger partial charge is 0.237 e. The summed E-state index contributed by atoms with van der Waals surface area (Å²) in [7, 11) is 0. The summed E-state index contributed by atoms with van der Waals surface area (Å²) in [5, 5.41) is 5.05. The molecule has 3 rings (SSSR count). The van der Waals surface area contributed by atoms with Crippen molar-refractivity contribution in [3.05, 3.63) is 64.7 Å². The first kappa shape index (κ1) is 21.4. The van der Waals surface area contributed by atoms with Gasteiger partial charge in [-0.15, -0.1) is 0 Å². The highest BCUT2D eigenvalue weighted by Gasteiger charge is 2.21. The number of thioether (sulfide) groups is 1. The standard InChI is InChI=1S/C25H30N2OS/c1-7-22(25(28)26-21-11-9-8-10-19(21)15(2)3)29-23-14-17(5)20-13-16(4)12-18(6)24(20)27-23/h8-15,22H,7H2,1-6H3,(H,26,28). The second-order valence-electron chi connectivity index (χ2n) is 8.00. The molecule has 0 aliphatic carbocycles. The Morgan fingerprint density at radius 3 is 2.48 bits per heavy atom. The lowest BCUT2D eigenvalue weighted by Gasteiger charge is -2.18. The lowest BCUT2D eigenvalue weighted by atomic mass is 10.0. The minimum atomic E-state index is -0.190. The Morgan fingerprint density at radius 1 is 1.07 bits per heavy atom. The number of hydrogen-bond donors (Lipinski definition) is 1. The Balaban J connectivity index is 1.85. The number of para-hydroxylation sites is 1. The highest BCUT2D eigenvalue weighted by atomic mass is 32.2. The summed E-state index contributed by atoms with van der Waals surface area (Å²) >= 11 is 1.55. The van der Waals surface area contributed by atoms with Gasteiger partial charge in [-0.25, -0.2) is 4.98 Å². The SMILES string of the molecule is CCC(Sc1cc(C)c2cc(C)cc(C)c2n1)C(=O)Nc1ccccc1C(C)C. The van der Waals surface area contributed by atoms with E-state index in [1.165, 1.54) is 22.1 Å². The van der Waals surface area contributed by atoms with Crippen molar-refractivity contribution in [1.29, 1.82) is 0 Å². The molecule has 0 aliphatic rings. The number of pyridine rings is 1. The molecule has 1 atom stereocenters. The molecule has 1 amide bonds. The van der Waals surface area contributed by atoms with Crippen LogP contribution in [0.5, 0.6) is 0 Å². The fourth-order valence-electron chi connectivity index (χ4n) is 3.67. The van der Waals surface area contributed by atoms with E-state index >= 15 is 0 Å². The summed E-state index contributed by atoms with van der Waals surface area (Å²) in [6.45, 7) is 12.7. The van der Waals surface area contributed by atoms with Gasteiger partial charge in [0.15, 0.2) is 0 Å². The Labute approximate surface area is 178 Å². The molecule has 3 aromatic rings. The van der Waals surface area contributed by atoms with Crippen LogP contribution in [-0.2, 0) is 4.79 Å². The van der Waals surface area contributed by atoms with Gasteiger partial charge in [-0.3, -0.25) is 4.79 Å². The number of benzene rings is 2. The van der Waals surface area contributed by atoms with Gasteiger partial charge in [0.1, 0.15) is 0 Å². The molecule has 0 radical (unpaired) electrons. The van der Waals surface area contributed by atoms with Gasteiger partial charge in [-0.05, 0) is 68.0 Å². The third-order valence-corrected chi connectivity index (χ3v) is 6.48. The number of hydrogen-bond acceptors (Lipinski definition) is 3. The van der Waals surface area contributed by atoms with Gasteiger partial charge >= 0.3 is 0 Å². The van der Waals surface area contributed by atoms with E-state index in [0.29, 0.717) is 5.92 Å². The Hall–Kier alpha value is -2.33. The van der Waals surface area contributed by atoms with E-state index in [4.69, 9.17) is 4.98 Å². The van der Waals surface area contributed by atoms with Crippen molar-refractivity contribution in [3.63, 3.8) is 0 Å². The molecular weight excluding hydrogens is 376 g/mol. The number of amides is 1. The molecule has 2 aromatic carbocycles. The number of carbonyl (C=O) groups is 1. The number of rotatable bonds is 6. The van der Waals surface area contributed by atoms with Gasteiger partial charge in [0, 0.05) is 11.1 Å². The molecular formula is C25H30N2OS. The van der Waals surface area contributed by atoms with Crippen LogP contribution >= 0.6 is 11.8 Å².